The zero-order chi connectivity index (χ0) is 14.5. The third-order valence-corrected chi connectivity index (χ3v) is 4.42. The van der Waals surface area contributed by atoms with E-state index in [1.54, 1.807) is 0 Å². The lowest BCUT2D eigenvalue weighted by molar-refractivity contribution is -0.127. The molecule has 0 unspecified atom stereocenters. The van der Waals surface area contributed by atoms with Crippen LogP contribution >= 0.6 is 0 Å². The average molecular weight is 283 g/mol. The van der Waals surface area contributed by atoms with E-state index in [1.807, 2.05) is 11.8 Å². The van der Waals surface area contributed by atoms with Crippen LogP contribution in [0.5, 0.6) is 0 Å². The maximum absolute atomic E-state index is 11.5. The number of likely N-dealkylation sites (tertiary alicyclic amines) is 1. The number of rotatable bonds is 6. The minimum absolute atomic E-state index is 0.245. The number of carbonyl (C=O) groups excluding carboxylic acids is 1. The topological polar surface area (TPSA) is 47.0 Å². The van der Waals surface area contributed by atoms with Crippen LogP contribution < -0.4 is 0 Å². The van der Waals surface area contributed by atoms with Gasteiger partial charge in [-0.2, -0.15) is 0 Å². The Labute approximate surface area is 122 Å². The Morgan fingerprint density at radius 1 is 1.30 bits per heavy atom. The molecule has 0 spiro atoms. The van der Waals surface area contributed by atoms with Gasteiger partial charge in [0.2, 0.25) is 5.91 Å². The first-order valence-corrected chi connectivity index (χ1v) is 7.98. The Morgan fingerprint density at radius 3 is 2.70 bits per heavy atom. The minimum Gasteiger partial charge on any atom is -0.392 e. The van der Waals surface area contributed by atoms with Crippen molar-refractivity contribution in [2.75, 3.05) is 45.8 Å². The van der Waals surface area contributed by atoms with E-state index >= 15 is 0 Å². The Morgan fingerprint density at radius 2 is 2.10 bits per heavy atom. The lowest BCUT2D eigenvalue weighted by Gasteiger charge is -2.40. The summed E-state index contributed by atoms with van der Waals surface area (Å²) in [4.78, 5) is 18.4. The average Bonchev–Trinajstić information content (AvgIpc) is 2.78. The van der Waals surface area contributed by atoms with Gasteiger partial charge in [-0.3, -0.25) is 9.69 Å². The van der Waals surface area contributed by atoms with Crippen molar-refractivity contribution >= 4 is 5.91 Å². The molecule has 1 N–H and O–H groups in total. The summed E-state index contributed by atoms with van der Waals surface area (Å²) in [6, 6.07) is 0.506. The van der Waals surface area contributed by atoms with E-state index in [0.29, 0.717) is 11.9 Å². The summed E-state index contributed by atoms with van der Waals surface area (Å²) < 4.78 is 0. The molecule has 5 nitrogen and oxygen atoms in total. The SMILES string of the molecule is C[C@@H]1CN(CCCN2CCCC2=O)CCN1C[C@@H](C)O. The van der Waals surface area contributed by atoms with E-state index in [4.69, 9.17) is 0 Å². The quantitative estimate of drug-likeness (QED) is 0.766. The third kappa shape index (κ3) is 4.43. The molecule has 0 bridgehead atoms. The van der Waals surface area contributed by atoms with Crippen LogP contribution in [0.1, 0.15) is 33.1 Å². The fourth-order valence-corrected chi connectivity index (χ4v) is 3.31. The number of amides is 1. The van der Waals surface area contributed by atoms with Gasteiger partial charge < -0.3 is 14.9 Å². The molecule has 0 aliphatic carbocycles. The van der Waals surface area contributed by atoms with Gasteiger partial charge in [0.25, 0.3) is 0 Å². The van der Waals surface area contributed by atoms with Crippen LogP contribution in [0.4, 0.5) is 0 Å². The monoisotopic (exact) mass is 283 g/mol. The first-order chi connectivity index (χ1) is 9.56. The molecule has 1 amide bonds. The molecular weight excluding hydrogens is 254 g/mol. The largest absolute Gasteiger partial charge is 0.392 e. The lowest BCUT2D eigenvalue weighted by atomic mass is 10.1. The van der Waals surface area contributed by atoms with Crippen molar-refractivity contribution < 1.29 is 9.90 Å². The molecule has 2 heterocycles. The first kappa shape index (κ1) is 15.7. The van der Waals surface area contributed by atoms with Crippen molar-refractivity contribution in [3.63, 3.8) is 0 Å². The molecule has 5 heteroatoms. The van der Waals surface area contributed by atoms with Crippen molar-refractivity contribution in [1.82, 2.24) is 14.7 Å². The summed E-state index contributed by atoms with van der Waals surface area (Å²) in [7, 11) is 0. The molecule has 0 radical (unpaired) electrons. The molecule has 0 aromatic heterocycles. The second-order valence-electron chi connectivity index (χ2n) is 6.33. The van der Waals surface area contributed by atoms with Crippen LogP contribution in [-0.2, 0) is 4.79 Å². The minimum atomic E-state index is -0.245. The maximum atomic E-state index is 11.5. The van der Waals surface area contributed by atoms with E-state index in [0.717, 1.165) is 65.1 Å². The van der Waals surface area contributed by atoms with Gasteiger partial charge in [-0.25, -0.2) is 0 Å². The molecule has 0 aromatic rings. The fraction of sp³-hybridized carbons (Fsp3) is 0.933. The second-order valence-corrected chi connectivity index (χ2v) is 6.33. The summed E-state index contributed by atoms with van der Waals surface area (Å²) in [5.41, 5.74) is 0. The molecule has 2 atom stereocenters. The van der Waals surface area contributed by atoms with Crippen LogP contribution in [0, 0.1) is 0 Å². The number of carbonyl (C=O) groups is 1. The highest BCUT2D eigenvalue weighted by Gasteiger charge is 2.24. The van der Waals surface area contributed by atoms with E-state index < -0.39 is 0 Å². The number of aliphatic hydroxyl groups excluding tert-OH is 1. The molecule has 0 aromatic carbocycles. The van der Waals surface area contributed by atoms with Gasteiger partial charge in [-0.1, -0.05) is 0 Å². The molecule has 2 fully saturated rings. The number of aliphatic hydroxyl groups is 1. The van der Waals surface area contributed by atoms with Gasteiger partial charge in [0.05, 0.1) is 6.10 Å². The van der Waals surface area contributed by atoms with Gasteiger partial charge in [0.1, 0.15) is 0 Å². The van der Waals surface area contributed by atoms with Crippen LogP contribution in [0.25, 0.3) is 0 Å². The van der Waals surface area contributed by atoms with Crippen molar-refractivity contribution in [3.05, 3.63) is 0 Å². The summed E-state index contributed by atoms with van der Waals surface area (Å²) in [6.45, 7) is 11.0. The zero-order valence-electron chi connectivity index (χ0n) is 12.9. The summed E-state index contributed by atoms with van der Waals surface area (Å²) >= 11 is 0. The van der Waals surface area contributed by atoms with E-state index in [1.165, 1.54) is 0 Å². The molecule has 2 rings (SSSR count). The molecule has 20 heavy (non-hydrogen) atoms. The second kappa shape index (κ2) is 7.38. The molecule has 116 valence electrons. The van der Waals surface area contributed by atoms with E-state index in [2.05, 4.69) is 16.7 Å². The smallest absolute Gasteiger partial charge is 0.222 e. The van der Waals surface area contributed by atoms with Crippen molar-refractivity contribution in [1.29, 1.82) is 0 Å². The van der Waals surface area contributed by atoms with Crippen LogP contribution in [0.2, 0.25) is 0 Å². The maximum Gasteiger partial charge on any atom is 0.222 e. The van der Waals surface area contributed by atoms with Crippen LogP contribution in [0.3, 0.4) is 0 Å². The number of nitrogens with zero attached hydrogens (tertiary/aromatic N) is 3. The van der Waals surface area contributed by atoms with Gasteiger partial charge in [-0.15, -0.1) is 0 Å². The van der Waals surface area contributed by atoms with Crippen molar-refractivity contribution in [3.8, 4) is 0 Å². The van der Waals surface area contributed by atoms with Gasteiger partial charge in [-0.05, 0) is 33.2 Å². The first-order valence-electron chi connectivity index (χ1n) is 7.98. The van der Waals surface area contributed by atoms with E-state index in [-0.39, 0.29) is 6.10 Å². The van der Waals surface area contributed by atoms with Crippen LogP contribution in [0.15, 0.2) is 0 Å². The molecule has 2 saturated heterocycles. The normalized spacial score (nSPS) is 27.2. The standard InChI is InChI=1S/C15H29N3O2/c1-13-11-16(9-10-18(13)12-14(2)19)6-4-8-17-7-3-5-15(17)20/h13-14,19H,3-12H2,1-2H3/t13-,14-/m1/s1. The molecular formula is C15H29N3O2. The third-order valence-electron chi connectivity index (χ3n) is 4.42. The number of hydrogen-bond donors (Lipinski definition) is 1. The Balaban J connectivity index is 1.64. The summed E-state index contributed by atoms with van der Waals surface area (Å²) in [5, 5.41) is 9.48. The molecule has 2 aliphatic rings. The van der Waals surface area contributed by atoms with Crippen LogP contribution in [-0.4, -0.2) is 83.7 Å². The number of β-amino-alcohol motifs (C(OH)–C–C–N with tert-alkyl or cyclic N) is 1. The van der Waals surface area contributed by atoms with Crippen molar-refractivity contribution in [2.24, 2.45) is 0 Å². The fourth-order valence-electron chi connectivity index (χ4n) is 3.31. The zero-order valence-corrected chi connectivity index (χ0v) is 12.9. The predicted molar refractivity (Wildman–Crippen MR) is 79.6 cm³/mol. The number of hydrogen-bond acceptors (Lipinski definition) is 4. The van der Waals surface area contributed by atoms with Gasteiger partial charge in [0, 0.05) is 51.7 Å². The summed E-state index contributed by atoms with van der Waals surface area (Å²) in [5.74, 6) is 0.333. The molecule has 2 aliphatic heterocycles. The highest BCUT2D eigenvalue weighted by Crippen LogP contribution is 2.12. The number of piperazine rings is 1. The van der Waals surface area contributed by atoms with E-state index in [9.17, 15) is 9.90 Å². The van der Waals surface area contributed by atoms with Gasteiger partial charge in [0.15, 0.2) is 0 Å². The predicted octanol–water partition coefficient (Wildman–Crippen LogP) is 0.386. The highest BCUT2D eigenvalue weighted by atomic mass is 16.3. The van der Waals surface area contributed by atoms with Crippen molar-refractivity contribution in [2.45, 2.75) is 45.3 Å². The Kier molecular flexibility index (Phi) is 5.81. The molecule has 0 saturated carbocycles. The lowest BCUT2D eigenvalue weighted by Crippen LogP contribution is -2.53. The van der Waals surface area contributed by atoms with Gasteiger partial charge >= 0.3 is 0 Å². The summed E-state index contributed by atoms with van der Waals surface area (Å²) in [6.07, 6.45) is 2.61. The Hall–Kier alpha value is -0.650. The Bertz CT molecular complexity index is 322. The highest BCUT2D eigenvalue weighted by molar-refractivity contribution is 5.77.